The third-order valence-electron chi connectivity index (χ3n) is 4.77. The number of rotatable bonds is 5. The quantitative estimate of drug-likeness (QED) is 0.890. The maximum Gasteiger partial charge on any atom is 0.254 e. The molecule has 1 aromatic heterocycles. The van der Waals surface area contributed by atoms with E-state index in [9.17, 15) is 14.0 Å². The number of hydrogen-bond donors (Lipinski definition) is 1. The fraction of sp³-hybridized carbons (Fsp3) is 0.500. The zero-order valence-electron chi connectivity index (χ0n) is 15.3. The minimum absolute atomic E-state index is 0.0106. The lowest BCUT2D eigenvalue weighted by molar-refractivity contribution is -0.0259. The lowest BCUT2D eigenvalue weighted by Gasteiger charge is -2.33. The zero-order chi connectivity index (χ0) is 18.7. The molecule has 5 nitrogen and oxygen atoms in total. The summed E-state index contributed by atoms with van der Waals surface area (Å²) in [6.45, 7) is 5.83. The maximum atomic E-state index is 13.7. The van der Waals surface area contributed by atoms with Crippen LogP contribution in [-0.4, -0.2) is 41.6 Å². The molecule has 0 bridgehead atoms. The normalized spacial score (nSPS) is 17.8. The molecule has 0 spiro atoms. The van der Waals surface area contributed by atoms with E-state index in [1.807, 2.05) is 0 Å². The standard InChI is InChI=1S/C20H25FN2O3/c1-13(2)4-3-5-15-12-23(8-9-26-15)20(25)17-11-19(24)22-18-7-6-14(21)10-16(17)18/h6-7,10-11,13,15H,3-5,8-9,12H2,1-2H3,(H,22,24)/t15-/m1/s1. The van der Waals surface area contributed by atoms with Crippen molar-refractivity contribution in [3.05, 3.63) is 46.0 Å². The largest absolute Gasteiger partial charge is 0.375 e. The average Bonchev–Trinajstić information content (AvgIpc) is 2.61. The first-order valence-electron chi connectivity index (χ1n) is 9.17. The van der Waals surface area contributed by atoms with E-state index in [2.05, 4.69) is 18.8 Å². The molecular weight excluding hydrogens is 335 g/mol. The van der Waals surface area contributed by atoms with E-state index in [1.54, 1.807) is 4.90 Å². The van der Waals surface area contributed by atoms with Gasteiger partial charge in [0.1, 0.15) is 5.82 Å². The van der Waals surface area contributed by atoms with Gasteiger partial charge in [-0.3, -0.25) is 9.59 Å². The molecule has 1 amide bonds. The number of amides is 1. The summed E-state index contributed by atoms with van der Waals surface area (Å²) in [5.41, 5.74) is 0.337. The summed E-state index contributed by atoms with van der Waals surface area (Å²) < 4.78 is 19.4. The molecule has 2 aromatic rings. The summed E-state index contributed by atoms with van der Waals surface area (Å²) in [7, 11) is 0. The van der Waals surface area contributed by atoms with Crippen LogP contribution in [0.25, 0.3) is 10.9 Å². The first kappa shape index (κ1) is 18.6. The number of morpholine rings is 1. The molecule has 1 N–H and O–H groups in total. The van der Waals surface area contributed by atoms with Gasteiger partial charge in [-0.25, -0.2) is 4.39 Å². The summed E-state index contributed by atoms with van der Waals surface area (Å²) in [4.78, 5) is 29.3. The van der Waals surface area contributed by atoms with E-state index in [-0.39, 0.29) is 23.1 Å². The molecule has 3 rings (SSSR count). The van der Waals surface area contributed by atoms with Crippen LogP contribution >= 0.6 is 0 Å². The number of pyridine rings is 1. The van der Waals surface area contributed by atoms with Crippen molar-refractivity contribution in [1.29, 1.82) is 0 Å². The highest BCUT2D eigenvalue weighted by Crippen LogP contribution is 2.21. The first-order valence-corrected chi connectivity index (χ1v) is 9.17. The van der Waals surface area contributed by atoms with Gasteiger partial charge in [-0.1, -0.05) is 26.7 Å². The molecule has 0 saturated carbocycles. The lowest BCUT2D eigenvalue weighted by atomic mass is 10.0. The molecule has 1 aliphatic rings. The van der Waals surface area contributed by atoms with Crippen LogP contribution in [0.2, 0.25) is 0 Å². The fourth-order valence-electron chi connectivity index (χ4n) is 3.41. The summed E-state index contributed by atoms with van der Waals surface area (Å²) in [5.74, 6) is -0.0374. The number of fused-ring (bicyclic) bond motifs is 1. The Morgan fingerprint density at radius 3 is 2.96 bits per heavy atom. The van der Waals surface area contributed by atoms with Crippen LogP contribution < -0.4 is 5.56 Å². The molecule has 1 aromatic carbocycles. The number of H-pyrrole nitrogens is 1. The number of benzene rings is 1. The van der Waals surface area contributed by atoms with Crippen molar-refractivity contribution < 1.29 is 13.9 Å². The molecule has 2 heterocycles. The molecule has 6 heteroatoms. The van der Waals surface area contributed by atoms with E-state index < -0.39 is 5.82 Å². The van der Waals surface area contributed by atoms with Gasteiger partial charge in [0.25, 0.3) is 5.91 Å². The van der Waals surface area contributed by atoms with Gasteiger partial charge in [-0.05, 0) is 30.5 Å². The number of carbonyl (C=O) groups excluding carboxylic acids is 1. The van der Waals surface area contributed by atoms with Crippen LogP contribution in [0.5, 0.6) is 0 Å². The number of nitrogens with zero attached hydrogens (tertiary/aromatic N) is 1. The molecule has 0 radical (unpaired) electrons. The van der Waals surface area contributed by atoms with Gasteiger partial charge in [0, 0.05) is 30.1 Å². The van der Waals surface area contributed by atoms with E-state index in [0.717, 1.165) is 19.3 Å². The van der Waals surface area contributed by atoms with Crippen molar-refractivity contribution in [2.45, 2.75) is 39.2 Å². The highest BCUT2D eigenvalue weighted by Gasteiger charge is 2.26. The van der Waals surface area contributed by atoms with Gasteiger partial charge in [-0.2, -0.15) is 0 Å². The number of hydrogen-bond acceptors (Lipinski definition) is 3. The van der Waals surface area contributed by atoms with Gasteiger partial charge in [0.2, 0.25) is 5.56 Å². The Balaban J connectivity index is 1.79. The second kappa shape index (κ2) is 7.99. The SMILES string of the molecule is CC(C)CCC[C@@H]1CN(C(=O)c2cc(=O)[nH]c3ccc(F)cc23)CCO1. The average molecular weight is 360 g/mol. The van der Waals surface area contributed by atoms with Crippen molar-refractivity contribution in [2.24, 2.45) is 5.92 Å². The molecule has 0 unspecified atom stereocenters. The Kier molecular flexibility index (Phi) is 5.71. The van der Waals surface area contributed by atoms with Crippen molar-refractivity contribution in [3.8, 4) is 0 Å². The van der Waals surface area contributed by atoms with Crippen LogP contribution in [0.15, 0.2) is 29.1 Å². The zero-order valence-corrected chi connectivity index (χ0v) is 15.3. The van der Waals surface area contributed by atoms with E-state index in [0.29, 0.717) is 36.5 Å². The van der Waals surface area contributed by atoms with E-state index in [4.69, 9.17) is 4.74 Å². The monoisotopic (exact) mass is 360 g/mol. The smallest absolute Gasteiger partial charge is 0.254 e. The summed E-state index contributed by atoms with van der Waals surface area (Å²) in [6, 6.07) is 5.30. The second-order valence-electron chi connectivity index (χ2n) is 7.31. The Morgan fingerprint density at radius 2 is 2.19 bits per heavy atom. The molecule has 1 fully saturated rings. The number of nitrogens with one attached hydrogen (secondary N) is 1. The van der Waals surface area contributed by atoms with Crippen LogP contribution in [0.4, 0.5) is 4.39 Å². The van der Waals surface area contributed by atoms with Crippen LogP contribution in [0, 0.1) is 11.7 Å². The third-order valence-corrected chi connectivity index (χ3v) is 4.77. The summed E-state index contributed by atoms with van der Waals surface area (Å²) in [5, 5.41) is 0.428. The number of ether oxygens (including phenoxy) is 1. The number of aromatic nitrogens is 1. The van der Waals surface area contributed by atoms with Crippen molar-refractivity contribution in [3.63, 3.8) is 0 Å². The summed E-state index contributed by atoms with van der Waals surface area (Å²) >= 11 is 0. The Morgan fingerprint density at radius 1 is 1.38 bits per heavy atom. The minimum Gasteiger partial charge on any atom is -0.375 e. The van der Waals surface area contributed by atoms with Crippen LogP contribution in [0.1, 0.15) is 43.5 Å². The topological polar surface area (TPSA) is 62.4 Å². The Hall–Kier alpha value is -2.21. The van der Waals surface area contributed by atoms with Gasteiger partial charge in [0.05, 0.1) is 18.3 Å². The Labute approximate surface area is 152 Å². The predicted octanol–water partition coefficient (Wildman–Crippen LogP) is 3.33. The molecule has 0 aliphatic carbocycles. The van der Waals surface area contributed by atoms with Crippen molar-refractivity contribution in [1.82, 2.24) is 9.88 Å². The highest BCUT2D eigenvalue weighted by molar-refractivity contribution is 6.06. The van der Waals surface area contributed by atoms with E-state index >= 15 is 0 Å². The van der Waals surface area contributed by atoms with E-state index in [1.165, 1.54) is 24.3 Å². The number of halogens is 1. The van der Waals surface area contributed by atoms with Gasteiger partial charge in [0.15, 0.2) is 0 Å². The third kappa shape index (κ3) is 4.30. The minimum atomic E-state index is -0.438. The molecule has 1 atom stereocenters. The Bertz CT molecular complexity index is 847. The molecular formula is C20H25FN2O3. The van der Waals surface area contributed by atoms with Crippen molar-refractivity contribution in [2.75, 3.05) is 19.7 Å². The van der Waals surface area contributed by atoms with Gasteiger partial charge < -0.3 is 14.6 Å². The summed E-state index contributed by atoms with van der Waals surface area (Å²) in [6.07, 6.45) is 3.11. The van der Waals surface area contributed by atoms with Gasteiger partial charge >= 0.3 is 0 Å². The molecule has 1 saturated heterocycles. The highest BCUT2D eigenvalue weighted by atomic mass is 19.1. The van der Waals surface area contributed by atoms with Gasteiger partial charge in [-0.15, -0.1) is 0 Å². The lowest BCUT2D eigenvalue weighted by Crippen LogP contribution is -2.45. The van der Waals surface area contributed by atoms with Crippen molar-refractivity contribution >= 4 is 16.8 Å². The molecule has 140 valence electrons. The molecule has 26 heavy (non-hydrogen) atoms. The fourth-order valence-corrected chi connectivity index (χ4v) is 3.41. The second-order valence-corrected chi connectivity index (χ2v) is 7.31. The predicted molar refractivity (Wildman–Crippen MR) is 98.9 cm³/mol. The number of carbonyl (C=O) groups is 1. The number of aromatic amines is 1. The maximum absolute atomic E-state index is 13.7. The van der Waals surface area contributed by atoms with Crippen LogP contribution in [-0.2, 0) is 4.74 Å². The molecule has 1 aliphatic heterocycles. The van der Waals surface area contributed by atoms with Crippen LogP contribution in [0.3, 0.4) is 0 Å². The first-order chi connectivity index (χ1) is 12.4.